The van der Waals surface area contributed by atoms with E-state index in [1.54, 1.807) is 24.3 Å². The highest BCUT2D eigenvalue weighted by Gasteiger charge is 2.24. The third-order valence-electron chi connectivity index (χ3n) is 6.42. The van der Waals surface area contributed by atoms with Crippen molar-refractivity contribution in [3.63, 3.8) is 0 Å². The van der Waals surface area contributed by atoms with Gasteiger partial charge in [0.25, 0.3) is 5.91 Å². The van der Waals surface area contributed by atoms with Crippen LogP contribution in [0.4, 0.5) is 0 Å². The number of morpholine rings is 1. The first kappa shape index (κ1) is 23.0. The van der Waals surface area contributed by atoms with Crippen molar-refractivity contribution >= 4 is 15.9 Å². The van der Waals surface area contributed by atoms with E-state index in [0.717, 1.165) is 24.8 Å². The van der Waals surface area contributed by atoms with Gasteiger partial charge < -0.3 is 10.1 Å². The van der Waals surface area contributed by atoms with E-state index in [-0.39, 0.29) is 17.7 Å². The molecule has 172 valence electrons. The smallest absolute Gasteiger partial charge is 0.251 e. The standard InChI is InChI=1S/C25H32N2O4S/c1-2-24(23-12-11-20-5-3-4-6-22(20)17-23)26-25(28)21-9-7-19(8-10-21)18-32(29,30)27-13-15-31-16-14-27/h7-12,17,24H,2-6,13-16,18H2,1H3,(H,26,28)/t24-/m0/s1. The second-order valence-electron chi connectivity index (χ2n) is 8.63. The Bertz CT molecular complexity index is 1040. The Labute approximate surface area is 191 Å². The van der Waals surface area contributed by atoms with E-state index in [9.17, 15) is 13.2 Å². The maximum Gasteiger partial charge on any atom is 0.251 e. The highest BCUT2D eigenvalue weighted by Crippen LogP contribution is 2.26. The van der Waals surface area contributed by atoms with Gasteiger partial charge in [0.1, 0.15) is 0 Å². The summed E-state index contributed by atoms with van der Waals surface area (Å²) in [5.41, 5.74) is 5.20. The summed E-state index contributed by atoms with van der Waals surface area (Å²) in [5.74, 6) is -0.209. The number of fused-ring (bicyclic) bond motifs is 1. The third kappa shape index (κ3) is 5.39. The predicted molar refractivity (Wildman–Crippen MR) is 125 cm³/mol. The Morgan fingerprint density at radius 1 is 1.03 bits per heavy atom. The summed E-state index contributed by atoms with van der Waals surface area (Å²) in [6.07, 6.45) is 5.55. The number of ether oxygens (including phenoxy) is 1. The second-order valence-corrected chi connectivity index (χ2v) is 10.6. The minimum Gasteiger partial charge on any atom is -0.379 e. The minimum absolute atomic E-state index is 0.0453. The van der Waals surface area contributed by atoms with Gasteiger partial charge in [0.05, 0.1) is 25.0 Å². The molecule has 2 aromatic rings. The first-order valence-corrected chi connectivity index (χ1v) is 13.1. The number of carbonyl (C=O) groups is 1. The zero-order valence-electron chi connectivity index (χ0n) is 18.7. The van der Waals surface area contributed by atoms with Crippen LogP contribution >= 0.6 is 0 Å². The molecule has 6 nitrogen and oxygen atoms in total. The van der Waals surface area contributed by atoms with Gasteiger partial charge in [0.2, 0.25) is 10.0 Å². The lowest BCUT2D eigenvalue weighted by molar-refractivity contribution is 0.0729. The van der Waals surface area contributed by atoms with Crippen LogP contribution in [0, 0.1) is 0 Å². The molecule has 1 atom stereocenters. The van der Waals surface area contributed by atoms with Crippen molar-refractivity contribution in [2.75, 3.05) is 26.3 Å². The van der Waals surface area contributed by atoms with Crippen LogP contribution in [0.25, 0.3) is 0 Å². The van der Waals surface area contributed by atoms with Gasteiger partial charge in [0.15, 0.2) is 0 Å². The second kappa shape index (κ2) is 10.1. The Kier molecular flexibility index (Phi) is 7.28. The van der Waals surface area contributed by atoms with Crippen LogP contribution in [0.5, 0.6) is 0 Å². The first-order valence-electron chi connectivity index (χ1n) is 11.5. The number of carbonyl (C=O) groups excluding carboxylic acids is 1. The van der Waals surface area contributed by atoms with Gasteiger partial charge in [-0.05, 0) is 66.5 Å². The van der Waals surface area contributed by atoms with Crippen molar-refractivity contribution in [2.24, 2.45) is 0 Å². The lowest BCUT2D eigenvalue weighted by Crippen LogP contribution is -2.41. The van der Waals surface area contributed by atoms with Gasteiger partial charge in [-0.25, -0.2) is 8.42 Å². The monoisotopic (exact) mass is 456 g/mol. The molecule has 1 saturated heterocycles. The zero-order chi connectivity index (χ0) is 22.6. The number of hydrogen-bond donors (Lipinski definition) is 1. The van der Waals surface area contributed by atoms with Crippen molar-refractivity contribution in [1.82, 2.24) is 9.62 Å². The van der Waals surface area contributed by atoms with E-state index >= 15 is 0 Å². The molecule has 1 aliphatic heterocycles. The lowest BCUT2D eigenvalue weighted by Gasteiger charge is -2.26. The number of hydrogen-bond acceptors (Lipinski definition) is 4. The maximum atomic E-state index is 12.9. The Morgan fingerprint density at radius 2 is 1.72 bits per heavy atom. The van der Waals surface area contributed by atoms with Crippen molar-refractivity contribution < 1.29 is 17.9 Å². The SMILES string of the molecule is CC[C@H](NC(=O)c1ccc(CS(=O)(=O)N2CCOCC2)cc1)c1ccc2c(c1)CCCC2. The van der Waals surface area contributed by atoms with Gasteiger partial charge in [-0.2, -0.15) is 4.31 Å². The molecule has 1 aliphatic carbocycles. The van der Waals surface area contributed by atoms with Gasteiger partial charge in [0, 0.05) is 18.7 Å². The highest BCUT2D eigenvalue weighted by molar-refractivity contribution is 7.88. The largest absolute Gasteiger partial charge is 0.379 e. The van der Waals surface area contributed by atoms with Crippen molar-refractivity contribution in [2.45, 2.75) is 50.8 Å². The molecule has 1 amide bonds. The van der Waals surface area contributed by atoms with E-state index in [1.807, 2.05) is 0 Å². The Hall–Kier alpha value is -2.22. The summed E-state index contributed by atoms with van der Waals surface area (Å²) >= 11 is 0. The summed E-state index contributed by atoms with van der Waals surface area (Å²) in [6.45, 7) is 3.72. The molecule has 1 N–H and O–H groups in total. The van der Waals surface area contributed by atoms with Crippen LogP contribution in [0.1, 0.15) is 64.8 Å². The number of nitrogens with zero attached hydrogens (tertiary/aromatic N) is 1. The lowest BCUT2D eigenvalue weighted by atomic mass is 9.88. The molecule has 0 spiro atoms. The van der Waals surface area contributed by atoms with E-state index in [1.165, 1.54) is 28.3 Å². The average Bonchev–Trinajstić information content (AvgIpc) is 2.83. The first-order chi connectivity index (χ1) is 15.5. The number of rotatable bonds is 7. The molecular weight excluding hydrogens is 424 g/mol. The normalized spacial score (nSPS) is 18.0. The molecule has 32 heavy (non-hydrogen) atoms. The zero-order valence-corrected chi connectivity index (χ0v) is 19.5. The fourth-order valence-corrected chi connectivity index (χ4v) is 6.01. The van der Waals surface area contributed by atoms with Gasteiger partial charge in [-0.1, -0.05) is 37.3 Å². The third-order valence-corrected chi connectivity index (χ3v) is 8.27. The van der Waals surface area contributed by atoms with Gasteiger partial charge in [-0.3, -0.25) is 4.79 Å². The molecule has 2 aromatic carbocycles. The molecule has 1 fully saturated rings. The molecule has 0 aromatic heterocycles. The molecule has 0 radical (unpaired) electrons. The summed E-state index contributed by atoms with van der Waals surface area (Å²) < 4.78 is 31.9. The highest BCUT2D eigenvalue weighted by atomic mass is 32.2. The minimum atomic E-state index is -3.38. The summed E-state index contributed by atoms with van der Waals surface area (Å²) in [6, 6.07) is 13.4. The number of sulfonamides is 1. The van der Waals surface area contributed by atoms with Crippen LogP contribution in [0.3, 0.4) is 0 Å². The average molecular weight is 457 g/mol. The number of benzene rings is 2. The maximum absolute atomic E-state index is 12.9. The van der Waals surface area contributed by atoms with Crippen LogP contribution in [-0.4, -0.2) is 44.9 Å². The number of nitrogens with one attached hydrogen (secondary N) is 1. The fraction of sp³-hybridized carbons (Fsp3) is 0.480. The van der Waals surface area contributed by atoms with Crippen LogP contribution in [0.15, 0.2) is 42.5 Å². The van der Waals surface area contributed by atoms with Gasteiger partial charge >= 0.3 is 0 Å². The molecule has 4 rings (SSSR count). The molecule has 2 aliphatic rings. The molecule has 0 saturated carbocycles. The van der Waals surface area contributed by atoms with Crippen molar-refractivity contribution in [3.05, 3.63) is 70.3 Å². The van der Waals surface area contributed by atoms with E-state index in [0.29, 0.717) is 37.4 Å². The van der Waals surface area contributed by atoms with Crippen LogP contribution < -0.4 is 5.32 Å². The van der Waals surface area contributed by atoms with Crippen LogP contribution in [-0.2, 0) is 33.4 Å². The summed E-state index contributed by atoms with van der Waals surface area (Å²) in [4.78, 5) is 12.9. The Morgan fingerprint density at radius 3 is 2.41 bits per heavy atom. The van der Waals surface area contributed by atoms with E-state index < -0.39 is 10.0 Å². The number of aryl methyl sites for hydroxylation is 2. The predicted octanol–water partition coefficient (Wildman–Crippen LogP) is 3.61. The molecule has 1 heterocycles. The summed E-state index contributed by atoms with van der Waals surface area (Å²) in [5, 5.41) is 3.15. The topological polar surface area (TPSA) is 75.7 Å². The number of amides is 1. The molecule has 0 bridgehead atoms. The van der Waals surface area contributed by atoms with Crippen molar-refractivity contribution in [1.29, 1.82) is 0 Å². The van der Waals surface area contributed by atoms with E-state index in [2.05, 4.69) is 30.4 Å². The van der Waals surface area contributed by atoms with Gasteiger partial charge in [-0.15, -0.1) is 0 Å². The van der Waals surface area contributed by atoms with Crippen molar-refractivity contribution in [3.8, 4) is 0 Å². The van der Waals surface area contributed by atoms with Crippen LogP contribution in [0.2, 0.25) is 0 Å². The Balaban J connectivity index is 1.40. The summed E-state index contributed by atoms with van der Waals surface area (Å²) in [7, 11) is -3.38. The molecule has 7 heteroatoms. The fourth-order valence-electron chi connectivity index (χ4n) is 4.51. The molecule has 0 unspecified atom stereocenters. The quantitative estimate of drug-likeness (QED) is 0.691. The molecular formula is C25H32N2O4S. The van der Waals surface area contributed by atoms with E-state index in [4.69, 9.17) is 4.74 Å².